The molecular formula is C12H14N2O6. The van der Waals surface area contributed by atoms with Crippen molar-refractivity contribution < 1.29 is 29.7 Å². The quantitative estimate of drug-likeness (QED) is 0.353. The second-order valence-electron chi connectivity index (χ2n) is 3.99. The van der Waals surface area contributed by atoms with E-state index < -0.39 is 29.8 Å². The summed E-state index contributed by atoms with van der Waals surface area (Å²) >= 11 is 0. The van der Waals surface area contributed by atoms with E-state index in [1.54, 1.807) is 0 Å². The topological polar surface area (TPSA) is 136 Å². The smallest absolute Gasteiger partial charge is 0.328 e. The van der Waals surface area contributed by atoms with Crippen LogP contribution in [0.15, 0.2) is 18.2 Å². The number of anilines is 1. The van der Waals surface area contributed by atoms with E-state index in [0.717, 1.165) is 0 Å². The third-order valence-electron chi connectivity index (χ3n) is 2.53. The first-order valence-electron chi connectivity index (χ1n) is 5.62. The summed E-state index contributed by atoms with van der Waals surface area (Å²) < 4.78 is 0. The number of nitrogens with one attached hydrogen (secondary N) is 2. The van der Waals surface area contributed by atoms with E-state index in [1.807, 2.05) is 0 Å². The van der Waals surface area contributed by atoms with Crippen molar-refractivity contribution in [3.63, 3.8) is 0 Å². The van der Waals surface area contributed by atoms with Crippen LogP contribution in [0.2, 0.25) is 0 Å². The number of aliphatic hydroxyl groups excluding tert-OH is 1. The Balaban J connectivity index is 3.00. The van der Waals surface area contributed by atoms with Crippen LogP contribution in [0.1, 0.15) is 17.3 Å². The maximum atomic E-state index is 11.9. The standard InChI is InChI=1S/C12H14N2O6/c1-6(16)9(12(19)20)14-11(18)7-3-2-4-8(10(7)17)13-5-15/h2-6,9,16-17H,1H3,(H,13,15)(H,14,18)(H,19,20)/t6-,9-/m0/s1. The van der Waals surface area contributed by atoms with Crippen molar-refractivity contribution in [2.24, 2.45) is 0 Å². The van der Waals surface area contributed by atoms with Gasteiger partial charge in [-0.2, -0.15) is 0 Å². The predicted octanol–water partition coefficient (Wildman–Crippen LogP) is -0.476. The van der Waals surface area contributed by atoms with Crippen molar-refractivity contribution in [2.75, 3.05) is 5.32 Å². The van der Waals surface area contributed by atoms with Gasteiger partial charge >= 0.3 is 5.97 Å². The summed E-state index contributed by atoms with van der Waals surface area (Å²) in [7, 11) is 0. The van der Waals surface area contributed by atoms with Crippen molar-refractivity contribution in [1.82, 2.24) is 5.32 Å². The van der Waals surface area contributed by atoms with E-state index in [0.29, 0.717) is 6.41 Å². The number of carboxylic acids is 1. The van der Waals surface area contributed by atoms with E-state index in [9.17, 15) is 24.6 Å². The van der Waals surface area contributed by atoms with E-state index in [2.05, 4.69) is 10.6 Å². The highest BCUT2D eigenvalue weighted by molar-refractivity contribution is 6.01. The van der Waals surface area contributed by atoms with Gasteiger partial charge in [-0.3, -0.25) is 9.59 Å². The Bertz CT molecular complexity index is 529. The Morgan fingerprint density at radius 1 is 1.35 bits per heavy atom. The van der Waals surface area contributed by atoms with Crippen molar-refractivity contribution in [3.05, 3.63) is 23.8 Å². The maximum Gasteiger partial charge on any atom is 0.328 e. The minimum atomic E-state index is -1.51. The lowest BCUT2D eigenvalue weighted by Crippen LogP contribution is -2.47. The van der Waals surface area contributed by atoms with E-state index in [1.165, 1.54) is 25.1 Å². The minimum absolute atomic E-state index is 0.0107. The number of carbonyl (C=O) groups excluding carboxylic acids is 2. The SMILES string of the molecule is C[C@H](O)[C@H](NC(=O)c1cccc(NC=O)c1O)C(=O)O. The summed E-state index contributed by atoms with van der Waals surface area (Å²) in [5.41, 5.74) is -0.208. The molecule has 0 aromatic heterocycles. The van der Waals surface area contributed by atoms with Crippen LogP contribution in [-0.2, 0) is 9.59 Å². The molecule has 1 rings (SSSR count). The summed E-state index contributed by atoms with van der Waals surface area (Å²) in [6.07, 6.45) is -0.984. The molecule has 108 valence electrons. The Hall–Kier alpha value is -2.61. The third-order valence-corrected chi connectivity index (χ3v) is 2.53. The van der Waals surface area contributed by atoms with Crippen molar-refractivity contribution in [3.8, 4) is 5.75 Å². The average Bonchev–Trinajstić information content (AvgIpc) is 2.37. The van der Waals surface area contributed by atoms with Crippen LogP contribution < -0.4 is 10.6 Å². The molecule has 0 saturated carbocycles. The highest BCUT2D eigenvalue weighted by Crippen LogP contribution is 2.26. The molecular weight excluding hydrogens is 268 g/mol. The van der Waals surface area contributed by atoms with Gasteiger partial charge in [0, 0.05) is 0 Å². The number of rotatable bonds is 6. The number of amides is 2. The van der Waals surface area contributed by atoms with Gasteiger partial charge in [0.1, 0.15) is 0 Å². The monoisotopic (exact) mass is 282 g/mol. The van der Waals surface area contributed by atoms with E-state index >= 15 is 0 Å². The molecule has 8 heteroatoms. The van der Waals surface area contributed by atoms with Gasteiger partial charge in [-0.25, -0.2) is 4.79 Å². The van der Waals surface area contributed by atoms with Crippen LogP contribution >= 0.6 is 0 Å². The number of aliphatic hydroxyl groups is 1. The van der Waals surface area contributed by atoms with Crippen LogP contribution in [0.25, 0.3) is 0 Å². The van der Waals surface area contributed by atoms with Crippen LogP contribution in [0, 0.1) is 0 Å². The molecule has 0 radical (unpaired) electrons. The zero-order chi connectivity index (χ0) is 15.3. The van der Waals surface area contributed by atoms with Gasteiger partial charge in [0.05, 0.1) is 17.4 Å². The molecule has 0 aliphatic heterocycles. The highest BCUT2D eigenvalue weighted by Gasteiger charge is 2.26. The fraction of sp³-hybridized carbons (Fsp3) is 0.250. The molecule has 0 bridgehead atoms. The first-order chi connectivity index (χ1) is 9.38. The Kier molecular flexibility index (Phi) is 5.04. The molecule has 1 aromatic rings. The lowest BCUT2D eigenvalue weighted by molar-refractivity contribution is -0.141. The normalized spacial score (nSPS) is 13.1. The van der Waals surface area contributed by atoms with Crippen LogP contribution in [0.5, 0.6) is 5.75 Å². The number of para-hydroxylation sites is 1. The molecule has 0 heterocycles. The third kappa shape index (κ3) is 3.45. The maximum absolute atomic E-state index is 11.9. The van der Waals surface area contributed by atoms with Crippen LogP contribution in [-0.4, -0.2) is 45.8 Å². The van der Waals surface area contributed by atoms with Gasteiger partial charge in [0.2, 0.25) is 6.41 Å². The van der Waals surface area contributed by atoms with Crippen LogP contribution in [0.4, 0.5) is 5.69 Å². The number of phenols is 1. The lowest BCUT2D eigenvalue weighted by atomic mass is 10.1. The number of aliphatic carboxylic acids is 1. The van der Waals surface area contributed by atoms with E-state index in [-0.39, 0.29) is 11.3 Å². The van der Waals surface area contributed by atoms with Gasteiger partial charge in [-0.1, -0.05) is 6.07 Å². The van der Waals surface area contributed by atoms with Gasteiger partial charge in [0.15, 0.2) is 11.8 Å². The minimum Gasteiger partial charge on any atom is -0.505 e. The molecule has 20 heavy (non-hydrogen) atoms. The molecule has 0 fully saturated rings. The average molecular weight is 282 g/mol. The van der Waals surface area contributed by atoms with Gasteiger partial charge < -0.3 is 26.0 Å². The molecule has 2 atom stereocenters. The van der Waals surface area contributed by atoms with Crippen molar-refractivity contribution in [1.29, 1.82) is 0 Å². The summed E-state index contributed by atoms with van der Waals surface area (Å²) in [4.78, 5) is 33.1. The molecule has 0 spiro atoms. The molecule has 0 saturated heterocycles. The summed E-state index contributed by atoms with van der Waals surface area (Å²) in [6.45, 7) is 1.21. The molecule has 1 aromatic carbocycles. The molecule has 0 aliphatic rings. The summed E-state index contributed by atoms with van der Waals surface area (Å²) in [5, 5.41) is 32.2. The number of benzene rings is 1. The fourth-order valence-electron chi connectivity index (χ4n) is 1.51. The molecule has 2 amide bonds. The number of carbonyl (C=O) groups is 3. The molecule has 5 N–H and O–H groups in total. The molecule has 0 aliphatic carbocycles. The number of hydrogen-bond donors (Lipinski definition) is 5. The second-order valence-corrected chi connectivity index (χ2v) is 3.99. The van der Waals surface area contributed by atoms with Gasteiger partial charge in [0.25, 0.3) is 5.91 Å². The molecule has 0 unspecified atom stereocenters. The van der Waals surface area contributed by atoms with Crippen molar-refractivity contribution >= 4 is 24.0 Å². The first kappa shape index (κ1) is 15.4. The number of carboxylic acid groups (broad SMARTS) is 1. The zero-order valence-electron chi connectivity index (χ0n) is 10.5. The second kappa shape index (κ2) is 6.53. The number of hydrogen-bond acceptors (Lipinski definition) is 5. The first-order valence-corrected chi connectivity index (χ1v) is 5.62. The van der Waals surface area contributed by atoms with Crippen molar-refractivity contribution in [2.45, 2.75) is 19.1 Å². The highest BCUT2D eigenvalue weighted by atomic mass is 16.4. The Morgan fingerprint density at radius 3 is 2.50 bits per heavy atom. The van der Waals surface area contributed by atoms with E-state index in [4.69, 9.17) is 5.11 Å². The largest absolute Gasteiger partial charge is 0.505 e. The number of aromatic hydroxyl groups is 1. The van der Waals surface area contributed by atoms with Gasteiger partial charge in [-0.15, -0.1) is 0 Å². The lowest BCUT2D eigenvalue weighted by Gasteiger charge is -2.17. The van der Waals surface area contributed by atoms with Gasteiger partial charge in [-0.05, 0) is 19.1 Å². The number of phenolic OH excluding ortho intramolecular Hbond substituents is 1. The Morgan fingerprint density at radius 2 is 2.00 bits per heavy atom. The summed E-state index contributed by atoms with van der Waals surface area (Å²) in [6, 6.07) is 2.51. The van der Waals surface area contributed by atoms with Crippen LogP contribution in [0.3, 0.4) is 0 Å². The predicted molar refractivity (Wildman–Crippen MR) is 68.4 cm³/mol. The zero-order valence-corrected chi connectivity index (χ0v) is 10.5. The fourth-order valence-corrected chi connectivity index (χ4v) is 1.51. The summed E-state index contributed by atoms with van der Waals surface area (Å²) in [5.74, 6) is -2.79. The molecule has 8 nitrogen and oxygen atoms in total. The Labute approximate surface area is 114 Å².